The van der Waals surface area contributed by atoms with Crippen LogP contribution in [0.4, 0.5) is 10.8 Å². The number of hydrogen-bond acceptors (Lipinski definition) is 5. The van der Waals surface area contributed by atoms with Crippen molar-refractivity contribution < 1.29 is 14.6 Å². The smallest absolute Gasteiger partial charge is 0.355 e. The molecule has 2 rings (SSSR count). The van der Waals surface area contributed by atoms with Gasteiger partial charge in [-0.1, -0.05) is 0 Å². The van der Waals surface area contributed by atoms with Crippen molar-refractivity contribution in [2.24, 2.45) is 0 Å². The molecule has 94 valence electrons. The molecule has 0 aliphatic carbocycles. The maximum absolute atomic E-state index is 10.7. The Bertz CT molecular complexity index is 585. The number of aromatic carboxylic acids is 1. The molecular weight excluding hydrogens is 320 g/mol. The molecule has 2 aromatic rings. The molecule has 0 amide bonds. The zero-order valence-electron chi connectivity index (χ0n) is 9.31. The van der Waals surface area contributed by atoms with Crippen molar-refractivity contribution in [2.75, 3.05) is 12.4 Å². The highest BCUT2D eigenvalue weighted by molar-refractivity contribution is 9.10. The molecular formula is C11H9BrN2O3S. The highest BCUT2D eigenvalue weighted by Crippen LogP contribution is 2.30. The Labute approximate surface area is 116 Å². The van der Waals surface area contributed by atoms with E-state index in [-0.39, 0.29) is 5.69 Å². The molecule has 18 heavy (non-hydrogen) atoms. The van der Waals surface area contributed by atoms with Crippen LogP contribution in [0, 0.1) is 0 Å². The third kappa shape index (κ3) is 2.80. The van der Waals surface area contributed by atoms with Crippen LogP contribution in [-0.2, 0) is 0 Å². The Balaban J connectivity index is 2.24. The number of benzene rings is 1. The van der Waals surface area contributed by atoms with E-state index < -0.39 is 5.97 Å². The SMILES string of the molecule is COc1ccc(Br)c(Nc2nc(C(=O)O)cs2)c1. The van der Waals surface area contributed by atoms with Crippen LogP contribution in [0.5, 0.6) is 5.75 Å². The Morgan fingerprint density at radius 3 is 2.94 bits per heavy atom. The van der Waals surface area contributed by atoms with Crippen LogP contribution in [-0.4, -0.2) is 23.2 Å². The van der Waals surface area contributed by atoms with Gasteiger partial charge in [0, 0.05) is 15.9 Å². The molecule has 7 heteroatoms. The monoisotopic (exact) mass is 328 g/mol. The van der Waals surface area contributed by atoms with Gasteiger partial charge in [-0.3, -0.25) is 0 Å². The first-order valence-electron chi connectivity index (χ1n) is 4.89. The van der Waals surface area contributed by atoms with E-state index >= 15 is 0 Å². The molecule has 0 saturated heterocycles. The average Bonchev–Trinajstić information content (AvgIpc) is 2.81. The fraction of sp³-hybridized carbons (Fsp3) is 0.0909. The molecule has 1 aromatic carbocycles. The van der Waals surface area contributed by atoms with Gasteiger partial charge in [0.2, 0.25) is 0 Å². The van der Waals surface area contributed by atoms with Crippen LogP contribution in [0.2, 0.25) is 0 Å². The van der Waals surface area contributed by atoms with Crippen LogP contribution in [0.15, 0.2) is 28.1 Å². The summed E-state index contributed by atoms with van der Waals surface area (Å²) in [5.41, 5.74) is 0.794. The van der Waals surface area contributed by atoms with Gasteiger partial charge in [-0.05, 0) is 28.1 Å². The first-order valence-corrected chi connectivity index (χ1v) is 6.57. The molecule has 0 aliphatic heterocycles. The van der Waals surface area contributed by atoms with Crippen molar-refractivity contribution in [3.05, 3.63) is 33.7 Å². The Morgan fingerprint density at radius 2 is 2.33 bits per heavy atom. The van der Waals surface area contributed by atoms with Crippen LogP contribution in [0.25, 0.3) is 0 Å². The van der Waals surface area contributed by atoms with Gasteiger partial charge in [0.15, 0.2) is 10.8 Å². The van der Waals surface area contributed by atoms with E-state index in [4.69, 9.17) is 9.84 Å². The fourth-order valence-corrected chi connectivity index (χ4v) is 2.31. The highest BCUT2D eigenvalue weighted by Gasteiger charge is 2.10. The average molecular weight is 329 g/mol. The quantitative estimate of drug-likeness (QED) is 0.900. The van der Waals surface area contributed by atoms with Crippen LogP contribution in [0.1, 0.15) is 10.5 Å². The van der Waals surface area contributed by atoms with E-state index in [0.717, 1.165) is 10.2 Å². The van der Waals surface area contributed by atoms with Crippen LogP contribution >= 0.6 is 27.3 Å². The normalized spacial score (nSPS) is 10.1. The lowest BCUT2D eigenvalue weighted by Gasteiger charge is -2.07. The number of carbonyl (C=O) groups is 1. The second-order valence-electron chi connectivity index (χ2n) is 3.31. The molecule has 0 saturated carbocycles. The van der Waals surface area contributed by atoms with E-state index in [1.807, 2.05) is 12.1 Å². The third-order valence-corrected chi connectivity index (χ3v) is 3.59. The van der Waals surface area contributed by atoms with E-state index in [0.29, 0.717) is 10.9 Å². The number of nitrogens with one attached hydrogen (secondary N) is 1. The number of aromatic nitrogens is 1. The molecule has 0 fully saturated rings. The summed E-state index contributed by atoms with van der Waals surface area (Å²) in [6.07, 6.45) is 0. The zero-order valence-corrected chi connectivity index (χ0v) is 11.7. The minimum absolute atomic E-state index is 0.0292. The van der Waals surface area contributed by atoms with Crippen molar-refractivity contribution in [1.82, 2.24) is 4.98 Å². The first-order chi connectivity index (χ1) is 8.60. The molecule has 2 N–H and O–H groups in total. The summed E-state index contributed by atoms with van der Waals surface area (Å²) in [7, 11) is 1.58. The van der Waals surface area contributed by atoms with Gasteiger partial charge >= 0.3 is 5.97 Å². The molecule has 1 heterocycles. The summed E-state index contributed by atoms with van der Waals surface area (Å²) in [4.78, 5) is 14.7. The standard InChI is InChI=1S/C11H9BrN2O3S/c1-17-6-2-3-7(12)8(4-6)13-11-14-9(5-18-11)10(15)16/h2-5H,1H3,(H,13,14)(H,15,16). The Hall–Kier alpha value is -1.60. The van der Waals surface area contributed by atoms with E-state index in [2.05, 4.69) is 26.2 Å². The number of halogens is 1. The van der Waals surface area contributed by atoms with E-state index in [9.17, 15) is 4.79 Å². The lowest BCUT2D eigenvalue weighted by Crippen LogP contribution is -1.97. The third-order valence-electron chi connectivity index (χ3n) is 2.14. The van der Waals surface area contributed by atoms with Gasteiger partial charge in [-0.2, -0.15) is 0 Å². The van der Waals surface area contributed by atoms with Gasteiger partial charge in [0.1, 0.15) is 5.75 Å². The fourth-order valence-electron chi connectivity index (χ4n) is 1.27. The number of carboxylic acid groups (broad SMARTS) is 1. The number of hydrogen-bond donors (Lipinski definition) is 2. The maximum atomic E-state index is 10.7. The number of rotatable bonds is 4. The van der Waals surface area contributed by atoms with Gasteiger partial charge in [-0.15, -0.1) is 11.3 Å². The molecule has 1 aromatic heterocycles. The number of methoxy groups -OCH3 is 1. The first kappa shape index (κ1) is 12.8. The number of ether oxygens (including phenoxy) is 1. The number of anilines is 2. The Kier molecular flexibility index (Phi) is 3.83. The number of nitrogens with zero attached hydrogens (tertiary/aromatic N) is 1. The molecule has 0 atom stereocenters. The molecule has 5 nitrogen and oxygen atoms in total. The van der Waals surface area contributed by atoms with E-state index in [1.54, 1.807) is 13.2 Å². The minimum Gasteiger partial charge on any atom is -0.497 e. The molecule has 0 spiro atoms. The largest absolute Gasteiger partial charge is 0.497 e. The summed E-state index contributed by atoms with van der Waals surface area (Å²) in [6.45, 7) is 0. The summed E-state index contributed by atoms with van der Waals surface area (Å²) >= 11 is 4.63. The van der Waals surface area contributed by atoms with E-state index in [1.165, 1.54) is 16.7 Å². The van der Waals surface area contributed by atoms with Crippen LogP contribution < -0.4 is 10.1 Å². The predicted molar refractivity (Wildman–Crippen MR) is 73.1 cm³/mol. The topological polar surface area (TPSA) is 71.5 Å². The van der Waals surface area contributed by atoms with Gasteiger partial charge in [0.25, 0.3) is 0 Å². The lowest BCUT2D eigenvalue weighted by atomic mass is 10.3. The van der Waals surface area contributed by atoms with Crippen molar-refractivity contribution in [3.8, 4) is 5.75 Å². The maximum Gasteiger partial charge on any atom is 0.355 e. The Morgan fingerprint density at radius 1 is 1.56 bits per heavy atom. The molecule has 0 unspecified atom stereocenters. The van der Waals surface area contributed by atoms with Crippen molar-refractivity contribution in [2.45, 2.75) is 0 Å². The summed E-state index contributed by atoms with van der Waals surface area (Å²) in [5, 5.41) is 13.8. The van der Waals surface area contributed by atoms with Gasteiger partial charge in [-0.25, -0.2) is 9.78 Å². The lowest BCUT2D eigenvalue weighted by molar-refractivity contribution is 0.0691. The second kappa shape index (κ2) is 5.36. The summed E-state index contributed by atoms with van der Waals surface area (Å²) in [5.74, 6) is -0.334. The molecule has 0 bridgehead atoms. The van der Waals surface area contributed by atoms with Crippen molar-refractivity contribution in [3.63, 3.8) is 0 Å². The second-order valence-corrected chi connectivity index (χ2v) is 5.03. The predicted octanol–water partition coefficient (Wildman–Crippen LogP) is 3.36. The molecule has 0 aliphatic rings. The zero-order chi connectivity index (χ0) is 13.1. The van der Waals surface area contributed by atoms with Gasteiger partial charge < -0.3 is 15.2 Å². The van der Waals surface area contributed by atoms with Crippen LogP contribution in [0.3, 0.4) is 0 Å². The van der Waals surface area contributed by atoms with Gasteiger partial charge in [0.05, 0.1) is 12.8 Å². The number of thiazole rings is 1. The summed E-state index contributed by atoms with van der Waals surface area (Å²) < 4.78 is 5.96. The van der Waals surface area contributed by atoms with Crippen molar-refractivity contribution >= 4 is 44.1 Å². The highest BCUT2D eigenvalue weighted by atomic mass is 79.9. The number of carboxylic acids is 1. The minimum atomic E-state index is -1.04. The molecule has 0 radical (unpaired) electrons. The van der Waals surface area contributed by atoms with Crippen molar-refractivity contribution in [1.29, 1.82) is 0 Å². The summed E-state index contributed by atoms with van der Waals surface area (Å²) in [6, 6.07) is 5.46.